The van der Waals surface area contributed by atoms with Crippen LogP contribution in [0.4, 0.5) is 11.5 Å². The van der Waals surface area contributed by atoms with Crippen molar-refractivity contribution in [3.8, 4) is 0 Å². The standard InChI is InChI=1S/C15H16Cl2N2/c1-10-4-6-14(11(2)8-10)19(3)15-7-5-12(17)13(9-16)18-15/h4-8H,9H2,1-3H3. The molecule has 100 valence electrons. The summed E-state index contributed by atoms with van der Waals surface area (Å²) in [5.41, 5.74) is 4.30. The van der Waals surface area contributed by atoms with E-state index < -0.39 is 0 Å². The molecule has 1 heterocycles. The van der Waals surface area contributed by atoms with Crippen molar-refractivity contribution in [3.05, 3.63) is 52.2 Å². The molecule has 2 rings (SSSR count). The predicted molar refractivity (Wildman–Crippen MR) is 82.8 cm³/mol. The highest BCUT2D eigenvalue weighted by Gasteiger charge is 2.10. The lowest BCUT2D eigenvalue weighted by molar-refractivity contribution is 1.07. The molecule has 0 unspecified atom stereocenters. The summed E-state index contributed by atoms with van der Waals surface area (Å²) < 4.78 is 0. The summed E-state index contributed by atoms with van der Waals surface area (Å²) in [6.45, 7) is 4.18. The van der Waals surface area contributed by atoms with Crippen molar-refractivity contribution in [1.82, 2.24) is 4.98 Å². The minimum absolute atomic E-state index is 0.313. The SMILES string of the molecule is Cc1ccc(N(C)c2ccc(Cl)c(CCl)n2)c(C)c1. The maximum atomic E-state index is 6.03. The smallest absolute Gasteiger partial charge is 0.133 e. The molecular weight excluding hydrogens is 279 g/mol. The second-order valence-electron chi connectivity index (χ2n) is 4.58. The lowest BCUT2D eigenvalue weighted by atomic mass is 10.1. The molecule has 1 aromatic carbocycles. The fourth-order valence-electron chi connectivity index (χ4n) is 2.06. The van der Waals surface area contributed by atoms with Gasteiger partial charge >= 0.3 is 0 Å². The molecule has 0 aliphatic rings. The van der Waals surface area contributed by atoms with Crippen molar-refractivity contribution < 1.29 is 0 Å². The average Bonchev–Trinajstić information content (AvgIpc) is 2.38. The maximum Gasteiger partial charge on any atom is 0.133 e. The highest BCUT2D eigenvalue weighted by molar-refractivity contribution is 6.32. The fraction of sp³-hybridized carbons (Fsp3) is 0.267. The van der Waals surface area contributed by atoms with Gasteiger partial charge in [-0.2, -0.15) is 0 Å². The number of pyridine rings is 1. The molecule has 2 nitrogen and oxygen atoms in total. The van der Waals surface area contributed by atoms with E-state index in [9.17, 15) is 0 Å². The van der Waals surface area contributed by atoms with Crippen LogP contribution in [0.15, 0.2) is 30.3 Å². The Hall–Kier alpha value is -1.25. The van der Waals surface area contributed by atoms with Crippen molar-refractivity contribution in [3.63, 3.8) is 0 Å². The molecule has 1 aromatic heterocycles. The number of aryl methyl sites for hydroxylation is 2. The fourth-order valence-corrected chi connectivity index (χ4v) is 2.50. The van der Waals surface area contributed by atoms with Crippen molar-refractivity contribution >= 4 is 34.7 Å². The van der Waals surface area contributed by atoms with Crippen molar-refractivity contribution in [1.29, 1.82) is 0 Å². The normalized spacial score (nSPS) is 10.6. The number of hydrogen-bond acceptors (Lipinski definition) is 2. The number of aromatic nitrogens is 1. The van der Waals surface area contributed by atoms with Gasteiger partial charge in [0.2, 0.25) is 0 Å². The topological polar surface area (TPSA) is 16.1 Å². The molecule has 2 aromatic rings. The van der Waals surface area contributed by atoms with Crippen molar-refractivity contribution in [2.24, 2.45) is 0 Å². The highest BCUT2D eigenvalue weighted by Crippen LogP contribution is 2.28. The van der Waals surface area contributed by atoms with Crippen molar-refractivity contribution in [2.75, 3.05) is 11.9 Å². The molecule has 0 saturated carbocycles. The van der Waals surface area contributed by atoms with Gasteiger partial charge in [-0.1, -0.05) is 29.3 Å². The van der Waals surface area contributed by atoms with Gasteiger partial charge in [0, 0.05) is 12.7 Å². The molecule has 0 aliphatic carbocycles. The summed E-state index contributed by atoms with van der Waals surface area (Å²) in [4.78, 5) is 6.54. The molecule has 4 heteroatoms. The van der Waals surface area contributed by atoms with Gasteiger partial charge in [0.15, 0.2) is 0 Å². The maximum absolute atomic E-state index is 6.03. The van der Waals surface area contributed by atoms with Gasteiger partial charge in [0.25, 0.3) is 0 Å². The third kappa shape index (κ3) is 3.02. The minimum Gasteiger partial charge on any atom is -0.329 e. The second-order valence-corrected chi connectivity index (χ2v) is 5.26. The van der Waals surface area contributed by atoms with Gasteiger partial charge < -0.3 is 4.90 Å². The predicted octanol–water partition coefficient (Wildman–Crippen LogP) is 4.86. The quantitative estimate of drug-likeness (QED) is 0.752. The zero-order valence-corrected chi connectivity index (χ0v) is 12.8. The molecule has 0 fully saturated rings. The first-order valence-corrected chi connectivity index (χ1v) is 6.96. The Morgan fingerprint density at radius 2 is 1.89 bits per heavy atom. The summed E-state index contributed by atoms with van der Waals surface area (Å²) in [5, 5.41) is 0.604. The van der Waals surface area contributed by atoms with E-state index in [2.05, 4.69) is 37.0 Å². The Labute approximate surface area is 124 Å². The van der Waals surface area contributed by atoms with E-state index in [4.69, 9.17) is 23.2 Å². The van der Waals surface area contributed by atoms with Crippen LogP contribution in [0.1, 0.15) is 16.8 Å². The molecule has 0 bridgehead atoms. The number of hydrogen-bond donors (Lipinski definition) is 0. The summed E-state index contributed by atoms with van der Waals surface area (Å²) in [5.74, 6) is 1.15. The van der Waals surface area contributed by atoms with E-state index in [1.165, 1.54) is 11.1 Å². The molecule has 0 radical (unpaired) electrons. The van der Waals surface area contributed by atoms with Crippen LogP contribution in [0, 0.1) is 13.8 Å². The number of alkyl halides is 1. The zero-order chi connectivity index (χ0) is 14.0. The molecule has 0 saturated heterocycles. The Morgan fingerprint density at radius 3 is 2.53 bits per heavy atom. The third-order valence-corrected chi connectivity index (χ3v) is 3.69. The largest absolute Gasteiger partial charge is 0.329 e. The van der Waals surface area contributed by atoms with Gasteiger partial charge in [0.05, 0.1) is 16.6 Å². The Morgan fingerprint density at radius 1 is 1.16 bits per heavy atom. The van der Waals surface area contributed by atoms with Crippen LogP contribution in [0.2, 0.25) is 5.02 Å². The van der Waals surface area contributed by atoms with Gasteiger partial charge in [-0.25, -0.2) is 4.98 Å². The number of nitrogens with zero attached hydrogens (tertiary/aromatic N) is 2. The summed E-state index contributed by atoms with van der Waals surface area (Å²) in [7, 11) is 1.99. The summed E-state index contributed by atoms with van der Waals surface area (Å²) >= 11 is 11.9. The van der Waals surface area contributed by atoms with Crippen LogP contribution in [-0.2, 0) is 5.88 Å². The lowest BCUT2D eigenvalue weighted by Gasteiger charge is -2.21. The van der Waals surface area contributed by atoms with E-state index >= 15 is 0 Å². The summed E-state index contributed by atoms with van der Waals surface area (Å²) in [6.07, 6.45) is 0. The first-order chi connectivity index (χ1) is 9.02. The van der Waals surface area contributed by atoms with Crippen LogP contribution < -0.4 is 4.90 Å². The van der Waals surface area contributed by atoms with Gasteiger partial charge in [-0.3, -0.25) is 0 Å². The van der Waals surface area contributed by atoms with E-state index in [0.717, 1.165) is 11.5 Å². The number of anilines is 2. The van der Waals surface area contributed by atoms with Crippen LogP contribution >= 0.6 is 23.2 Å². The molecule has 0 atom stereocenters. The second kappa shape index (κ2) is 5.81. The first-order valence-electron chi connectivity index (χ1n) is 6.05. The highest BCUT2D eigenvalue weighted by atomic mass is 35.5. The monoisotopic (exact) mass is 294 g/mol. The Balaban J connectivity index is 2.40. The van der Waals surface area contributed by atoms with Gasteiger partial charge in [0.1, 0.15) is 5.82 Å². The Kier molecular flexibility index (Phi) is 4.33. The molecule has 19 heavy (non-hydrogen) atoms. The lowest BCUT2D eigenvalue weighted by Crippen LogP contribution is -2.13. The van der Waals surface area contributed by atoms with Crippen LogP contribution in [0.3, 0.4) is 0 Å². The molecule has 0 spiro atoms. The van der Waals surface area contributed by atoms with Crippen LogP contribution in [0.5, 0.6) is 0 Å². The van der Waals surface area contributed by atoms with E-state index in [1.54, 1.807) is 0 Å². The molecule has 0 N–H and O–H groups in total. The van der Waals surface area contributed by atoms with E-state index in [1.807, 2.05) is 24.1 Å². The molecule has 0 amide bonds. The number of halogens is 2. The first kappa shape index (κ1) is 14.2. The van der Waals surface area contributed by atoms with Crippen LogP contribution in [0.25, 0.3) is 0 Å². The van der Waals surface area contributed by atoms with Crippen LogP contribution in [-0.4, -0.2) is 12.0 Å². The van der Waals surface area contributed by atoms with Gasteiger partial charge in [-0.05, 0) is 37.6 Å². The number of benzene rings is 1. The van der Waals surface area contributed by atoms with E-state index in [0.29, 0.717) is 16.6 Å². The van der Waals surface area contributed by atoms with E-state index in [-0.39, 0.29) is 0 Å². The van der Waals surface area contributed by atoms with Crippen molar-refractivity contribution in [2.45, 2.75) is 19.7 Å². The average molecular weight is 295 g/mol. The molecule has 0 aliphatic heterocycles. The van der Waals surface area contributed by atoms with Gasteiger partial charge in [-0.15, -0.1) is 11.6 Å². The Bertz CT molecular complexity index is 597. The number of rotatable bonds is 3. The molecular formula is C15H16Cl2N2. The minimum atomic E-state index is 0.313. The zero-order valence-electron chi connectivity index (χ0n) is 11.2. The summed E-state index contributed by atoms with van der Waals surface area (Å²) in [6, 6.07) is 10.1. The third-order valence-electron chi connectivity index (χ3n) is 3.09.